The number of allylic oxidation sites excluding steroid dienone is 1. The van der Waals surface area contributed by atoms with Crippen LogP contribution in [-0.4, -0.2) is 42.8 Å². The molecule has 0 amide bonds. The summed E-state index contributed by atoms with van der Waals surface area (Å²) in [6.45, 7) is 1.14. The fourth-order valence-electron chi connectivity index (χ4n) is 3.69. The first kappa shape index (κ1) is 25.5. The van der Waals surface area contributed by atoms with Crippen LogP contribution in [0.15, 0.2) is 60.5 Å². The first-order valence-corrected chi connectivity index (χ1v) is 11.5. The Labute approximate surface area is 207 Å². The molecule has 0 fully saturated rings. The van der Waals surface area contributed by atoms with Crippen molar-refractivity contribution in [3.8, 4) is 10.4 Å². The van der Waals surface area contributed by atoms with Gasteiger partial charge < -0.3 is 20.6 Å². The van der Waals surface area contributed by atoms with Gasteiger partial charge in [0.15, 0.2) is 5.60 Å². The van der Waals surface area contributed by atoms with E-state index in [4.69, 9.17) is 5.11 Å². The number of halogens is 3. The van der Waals surface area contributed by atoms with Crippen molar-refractivity contribution in [2.45, 2.75) is 25.1 Å². The van der Waals surface area contributed by atoms with Crippen molar-refractivity contribution in [1.29, 1.82) is 0 Å². The minimum atomic E-state index is -4.60. The fraction of sp³-hybridized carbons (Fsp3) is 0.250. The quantitative estimate of drug-likeness (QED) is 0.362. The normalized spacial score (nSPS) is 17.4. The summed E-state index contributed by atoms with van der Waals surface area (Å²) in [6, 6.07) is 6.02. The van der Waals surface area contributed by atoms with Crippen LogP contribution in [0.3, 0.4) is 0 Å². The summed E-state index contributed by atoms with van der Waals surface area (Å²) < 4.78 is 38.9. The molecule has 36 heavy (non-hydrogen) atoms. The zero-order valence-electron chi connectivity index (χ0n) is 18.8. The predicted octanol–water partition coefficient (Wildman–Crippen LogP) is 4.44. The lowest BCUT2D eigenvalue weighted by molar-refractivity contribution is -0.141. The molecule has 1 aromatic carbocycles. The van der Waals surface area contributed by atoms with Gasteiger partial charge >= 0.3 is 12.1 Å². The Balaban J connectivity index is 1.61. The summed E-state index contributed by atoms with van der Waals surface area (Å²) in [7, 11) is 0. The molecule has 1 aliphatic carbocycles. The van der Waals surface area contributed by atoms with Crippen LogP contribution in [0.4, 0.5) is 24.8 Å². The second kappa shape index (κ2) is 9.80. The Morgan fingerprint density at radius 1 is 1.25 bits per heavy atom. The van der Waals surface area contributed by atoms with Gasteiger partial charge in [0.25, 0.3) is 0 Å². The number of thiazole rings is 1. The van der Waals surface area contributed by atoms with E-state index in [1.807, 2.05) is 13.0 Å². The summed E-state index contributed by atoms with van der Waals surface area (Å²) in [5.41, 5.74) is -0.616. The van der Waals surface area contributed by atoms with Crippen molar-refractivity contribution < 1.29 is 33.3 Å². The van der Waals surface area contributed by atoms with Crippen molar-refractivity contribution in [3.05, 3.63) is 76.7 Å². The van der Waals surface area contributed by atoms with Crippen molar-refractivity contribution >= 4 is 28.9 Å². The van der Waals surface area contributed by atoms with Crippen LogP contribution in [0.1, 0.15) is 22.7 Å². The number of alkyl halides is 3. The molecule has 2 aromatic heterocycles. The number of carboxylic acid groups (broad SMARTS) is 1. The largest absolute Gasteiger partial charge is 0.481 e. The topological polar surface area (TPSA) is 128 Å². The molecule has 0 aliphatic heterocycles. The number of anilines is 2. The van der Waals surface area contributed by atoms with Gasteiger partial charge in [-0.1, -0.05) is 24.3 Å². The van der Waals surface area contributed by atoms with E-state index in [0.29, 0.717) is 21.7 Å². The third kappa shape index (κ3) is 5.30. The maximum Gasteiger partial charge on any atom is 0.433 e. The third-order valence-electron chi connectivity index (χ3n) is 5.55. The van der Waals surface area contributed by atoms with Crippen LogP contribution < -0.4 is 5.32 Å². The number of aliphatic hydroxyl groups excluding tert-OH is 1. The highest BCUT2D eigenvalue weighted by Gasteiger charge is 2.37. The van der Waals surface area contributed by atoms with E-state index in [0.717, 1.165) is 29.2 Å². The molecular formula is C24H21F3N4O4S. The number of carbonyl (C=O) groups is 1. The number of benzene rings is 1. The molecule has 0 radical (unpaired) electrons. The maximum absolute atomic E-state index is 13.0. The fourth-order valence-corrected chi connectivity index (χ4v) is 4.70. The van der Waals surface area contributed by atoms with Gasteiger partial charge in [-0.15, -0.1) is 11.3 Å². The number of hydrogen-bond acceptors (Lipinski definition) is 8. The summed E-state index contributed by atoms with van der Waals surface area (Å²) in [6.07, 6.45) is 2.62. The van der Waals surface area contributed by atoms with E-state index in [1.54, 1.807) is 18.2 Å². The van der Waals surface area contributed by atoms with Gasteiger partial charge in [0, 0.05) is 18.1 Å². The van der Waals surface area contributed by atoms with Crippen LogP contribution in [0, 0.1) is 12.8 Å². The van der Waals surface area contributed by atoms with Crippen LogP contribution in [-0.2, 0) is 16.6 Å². The Morgan fingerprint density at radius 2 is 2.03 bits per heavy atom. The molecular weight excluding hydrogens is 497 g/mol. The van der Waals surface area contributed by atoms with E-state index in [-0.39, 0.29) is 17.4 Å². The molecule has 2 atom stereocenters. The van der Waals surface area contributed by atoms with E-state index in [1.165, 1.54) is 18.3 Å². The molecule has 0 saturated heterocycles. The monoisotopic (exact) mass is 518 g/mol. The Kier molecular flexibility index (Phi) is 6.94. The van der Waals surface area contributed by atoms with Gasteiger partial charge in [0.1, 0.15) is 10.7 Å². The zero-order chi connectivity index (χ0) is 26.1. The van der Waals surface area contributed by atoms with Crippen molar-refractivity contribution in [2.24, 2.45) is 5.92 Å². The van der Waals surface area contributed by atoms with E-state index >= 15 is 0 Å². The molecule has 0 saturated carbocycles. The number of nitrogens with zero attached hydrogens (tertiary/aromatic N) is 3. The van der Waals surface area contributed by atoms with Gasteiger partial charge in [-0.2, -0.15) is 13.2 Å². The van der Waals surface area contributed by atoms with E-state index in [2.05, 4.69) is 20.3 Å². The lowest BCUT2D eigenvalue weighted by Gasteiger charge is -2.27. The van der Waals surface area contributed by atoms with Crippen LogP contribution in [0.2, 0.25) is 0 Å². The Hall–Kier alpha value is -3.61. The number of aromatic nitrogens is 3. The predicted molar refractivity (Wildman–Crippen MR) is 127 cm³/mol. The molecule has 1 unspecified atom stereocenters. The Morgan fingerprint density at radius 3 is 2.67 bits per heavy atom. The van der Waals surface area contributed by atoms with Gasteiger partial charge in [0.05, 0.1) is 17.4 Å². The van der Waals surface area contributed by atoms with Gasteiger partial charge in [-0.25, -0.2) is 15.0 Å². The summed E-state index contributed by atoms with van der Waals surface area (Å²) >= 11 is 1.13. The molecule has 2 heterocycles. The first-order valence-electron chi connectivity index (χ1n) is 10.7. The second-order valence-electron chi connectivity index (χ2n) is 8.22. The lowest BCUT2D eigenvalue weighted by Crippen LogP contribution is -2.33. The summed E-state index contributed by atoms with van der Waals surface area (Å²) in [5, 5.41) is 33.4. The second-order valence-corrected chi connectivity index (χ2v) is 9.25. The number of carboxylic acids is 1. The highest BCUT2D eigenvalue weighted by Crippen LogP contribution is 2.39. The number of aliphatic carboxylic acids is 1. The zero-order valence-corrected chi connectivity index (χ0v) is 19.6. The standard InChI is InChI=1S/C24H21F3N4O4S/c1-13-8-15(10-17(9-13)30-22-28-7-6-19(31-22)24(25,26)27)18-11-29-21(36-18)23(35,12-32)16-4-2-14(3-5-16)20(33)34/h2,4-11,14,32,35H,3,12H2,1H3,(H,33,34)(H,28,30,31)/t14?,23-/m0/s1. The SMILES string of the molecule is Cc1cc(Nc2nccc(C(F)(F)F)n2)cc(-c2cnc([C@](O)(CO)C3=CCC(C(=O)O)C=C3)s2)c1. The van der Waals surface area contributed by atoms with Crippen molar-refractivity contribution in [2.75, 3.05) is 11.9 Å². The molecule has 0 bridgehead atoms. The highest BCUT2D eigenvalue weighted by atomic mass is 32.1. The van der Waals surface area contributed by atoms with Crippen LogP contribution in [0.5, 0.6) is 0 Å². The Bertz CT molecular complexity index is 1360. The maximum atomic E-state index is 13.0. The molecule has 3 aromatic rings. The van der Waals surface area contributed by atoms with E-state index < -0.39 is 36.0 Å². The number of rotatable bonds is 7. The number of hydrogen-bond donors (Lipinski definition) is 4. The number of aryl methyl sites for hydroxylation is 1. The van der Waals surface area contributed by atoms with Crippen LogP contribution >= 0.6 is 11.3 Å². The third-order valence-corrected chi connectivity index (χ3v) is 6.74. The van der Waals surface area contributed by atoms with Crippen molar-refractivity contribution in [3.63, 3.8) is 0 Å². The lowest BCUT2D eigenvalue weighted by atomic mass is 9.87. The van der Waals surface area contributed by atoms with Gasteiger partial charge in [-0.3, -0.25) is 4.79 Å². The average molecular weight is 519 g/mol. The molecule has 8 nitrogen and oxygen atoms in total. The molecule has 1 aliphatic rings. The molecule has 188 valence electrons. The molecule has 4 rings (SSSR count). The average Bonchev–Trinajstić information content (AvgIpc) is 3.34. The van der Waals surface area contributed by atoms with Crippen molar-refractivity contribution in [1.82, 2.24) is 15.0 Å². The van der Waals surface area contributed by atoms with Gasteiger partial charge in [0.2, 0.25) is 5.95 Å². The van der Waals surface area contributed by atoms with Gasteiger partial charge in [-0.05, 0) is 48.2 Å². The van der Waals surface area contributed by atoms with Crippen LogP contribution in [0.25, 0.3) is 10.4 Å². The van der Waals surface area contributed by atoms with E-state index in [9.17, 15) is 28.2 Å². The minimum absolute atomic E-state index is 0.173. The summed E-state index contributed by atoms with van der Waals surface area (Å²) in [4.78, 5) is 23.5. The molecule has 12 heteroatoms. The summed E-state index contributed by atoms with van der Waals surface area (Å²) in [5.74, 6) is -1.90. The number of aliphatic hydroxyl groups is 2. The highest BCUT2D eigenvalue weighted by molar-refractivity contribution is 7.15. The smallest absolute Gasteiger partial charge is 0.433 e. The first-order chi connectivity index (χ1) is 17.0. The minimum Gasteiger partial charge on any atom is -0.481 e. The molecule has 4 N–H and O–H groups in total. The molecule has 0 spiro atoms. The number of nitrogens with one attached hydrogen (secondary N) is 1.